The van der Waals surface area contributed by atoms with E-state index in [0.717, 1.165) is 43.0 Å². The number of piperazine rings is 1. The van der Waals surface area contributed by atoms with E-state index in [1.165, 1.54) is 3.97 Å². The van der Waals surface area contributed by atoms with Crippen LogP contribution in [0.25, 0.3) is 22.2 Å². The second-order valence-corrected chi connectivity index (χ2v) is 12.2. The summed E-state index contributed by atoms with van der Waals surface area (Å²) in [4.78, 5) is 20.2. The van der Waals surface area contributed by atoms with Gasteiger partial charge >= 0.3 is 0 Å². The molecule has 204 valence electrons. The first-order valence-corrected chi connectivity index (χ1v) is 14.9. The minimum absolute atomic E-state index is 0.173. The molecule has 0 aliphatic carbocycles. The number of pyridine rings is 2. The maximum Gasteiger partial charge on any atom is 0.269 e. The molecule has 5 aromatic rings. The van der Waals surface area contributed by atoms with Crippen LogP contribution in [-0.2, 0) is 16.6 Å². The zero-order valence-electron chi connectivity index (χ0n) is 21.9. The van der Waals surface area contributed by atoms with Gasteiger partial charge in [-0.1, -0.05) is 41.4 Å². The minimum atomic E-state index is -3.94. The van der Waals surface area contributed by atoms with Crippen LogP contribution in [0.15, 0.2) is 95.0 Å². The lowest BCUT2D eigenvalue weighted by atomic mass is 10.1. The van der Waals surface area contributed by atoms with Gasteiger partial charge < -0.3 is 14.8 Å². The van der Waals surface area contributed by atoms with Gasteiger partial charge in [0.1, 0.15) is 0 Å². The van der Waals surface area contributed by atoms with E-state index >= 15 is 0 Å². The third-order valence-corrected chi connectivity index (χ3v) is 9.11. The largest absolute Gasteiger partial charge is 0.368 e. The Morgan fingerprint density at radius 3 is 2.50 bits per heavy atom. The van der Waals surface area contributed by atoms with Crippen LogP contribution in [0.3, 0.4) is 0 Å². The van der Waals surface area contributed by atoms with Crippen LogP contribution in [-0.4, -0.2) is 48.1 Å². The molecule has 0 bridgehead atoms. The predicted molar refractivity (Wildman–Crippen MR) is 159 cm³/mol. The van der Waals surface area contributed by atoms with Gasteiger partial charge in [0.05, 0.1) is 23.3 Å². The Hall–Kier alpha value is -3.92. The number of hydrogen-bond donors (Lipinski definition) is 1. The van der Waals surface area contributed by atoms with Gasteiger partial charge in [-0.15, -0.1) is 0 Å². The van der Waals surface area contributed by atoms with Crippen LogP contribution in [0.2, 0.25) is 5.02 Å². The molecule has 1 aliphatic heterocycles. The first kappa shape index (κ1) is 26.3. The highest BCUT2D eigenvalue weighted by atomic mass is 35.5. The summed E-state index contributed by atoms with van der Waals surface area (Å²) in [6.07, 6.45) is 5.02. The monoisotopic (exact) mass is 573 g/mol. The summed E-state index contributed by atoms with van der Waals surface area (Å²) in [5, 5.41) is 4.62. The molecule has 0 atom stereocenters. The number of anilines is 1. The van der Waals surface area contributed by atoms with E-state index in [0.29, 0.717) is 33.7 Å². The SMILES string of the molecule is Cc1ccc(S(=O)(=O)n2cc(-c3ccn(Cc4cccc(Cl)c4)c(=O)c3)c3cc(N4CCNCC4)cnc32)cc1. The molecule has 0 unspecified atom stereocenters. The molecular weight excluding hydrogens is 546 g/mol. The van der Waals surface area contributed by atoms with Crippen molar-refractivity contribution in [3.05, 3.63) is 112 Å². The third-order valence-electron chi connectivity index (χ3n) is 7.21. The number of aromatic nitrogens is 3. The van der Waals surface area contributed by atoms with Gasteiger partial charge in [-0.25, -0.2) is 17.4 Å². The van der Waals surface area contributed by atoms with Crippen molar-refractivity contribution in [3.8, 4) is 11.1 Å². The molecule has 4 heterocycles. The average Bonchev–Trinajstić information content (AvgIpc) is 3.35. The molecule has 6 rings (SSSR count). The summed E-state index contributed by atoms with van der Waals surface area (Å²) >= 11 is 6.12. The summed E-state index contributed by atoms with van der Waals surface area (Å²) < 4.78 is 30.4. The Morgan fingerprint density at radius 1 is 1.00 bits per heavy atom. The molecule has 10 heteroatoms. The Labute approximate surface area is 237 Å². The number of nitrogens with one attached hydrogen (secondary N) is 1. The normalized spacial score (nSPS) is 14.1. The maximum atomic E-state index is 13.8. The van der Waals surface area contributed by atoms with Crippen LogP contribution in [0.4, 0.5) is 5.69 Å². The lowest BCUT2D eigenvalue weighted by Gasteiger charge is -2.29. The molecule has 0 spiro atoms. The predicted octanol–water partition coefficient (Wildman–Crippen LogP) is 4.52. The highest BCUT2D eigenvalue weighted by Crippen LogP contribution is 2.34. The van der Waals surface area contributed by atoms with Gasteiger partial charge in [-0.05, 0) is 54.4 Å². The van der Waals surface area contributed by atoms with Crippen LogP contribution in [0.5, 0.6) is 0 Å². The standard InChI is InChI=1S/C30H28ClN5O3S/c1-21-5-7-26(8-6-21)40(38,39)36-20-28(27-17-25(18-33-30(27)36)34-13-10-32-11-14-34)23-9-12-35(29(37)16-23)19-22-3-2-4-24(31)15-22/h2-9,12,15-18,20,32H,10-11,13-14,19H2,1H3. The minimum Gasteiger partial charge on any atom is -0.368 e. The summed E-state index contributed by atoms with van der Waals surface area (Å²) in [6.45, 7) is 5.65. The molecule has 1 N–H and O–H groups in total. The second-order valence-electron chi connectivity index (χ2n) is 9.97. The molecule has 1 fully saturated rings. The lowest BCUT2D eigenvalue weighted by molar-refractivity contribution is 0.588. The number of hydrogen-bond acceptors (Lipinski definition) is 6. The number of aryl methyl sites for hydroxylation is 1. The van der Waals surface area contributed by atoms with E-state index in [9.17, 15) is 13.2 Å². The topological polar surface area (TPSA) is 89.2 Å². The van der Waals surface area contributed by atoms with Gasteiger partial charge in [0.15, 0.2) is 5.65 Å². The summed E-state index contributed by atoms with van der Waals surface area (Å²) in [5.41, 5.74) is 4.15. The molecule has 40 heavy (non-hydrogen) atoms. The van der Waals surface area contributed by atoms with E-state index in [4.69, 9.17) is 11.6 Å². The number of rotatable bonds is 6. The van der Waals surface area contributed by atoms with Crippen LogP contribution in [0.1, 0.15) is 11.1 Å². The fraction of sp³-hybridized carbons (Fsp3) is 0.200. The third kappa shape index (κ3) is 5.03. The van der Waals surface area contributed by atoms with Crippen molar-refractivity contribution < 1.29 is 8.42 Å². The molecule has 1 saturated heterocycles. The molecule has 1 aliphatic rings. The van der Waals surface area contributed by atoms with E-state index in [-0.39, 0.29) is 10.5 Å². The summed E-state index contributed by atoms with van der Waals surface area (Å²) in [7, 11) is -3.94. The Balaban J connectivity index is 1.48. The first-order chi connectivity index (χ1) is 19.3. The molecule has 0 radical (unpaired) electrons. The molecular formula is C30H28ClN5O3S. The van der Waals surface area contributed by atoms with Crippen LogP contribution < -0.4 is 15.8 Å². The fourth-order valence-electron chi connectivity index (χ4n) is 5.04. The lowest BCUT2D eigenvalue weighted by Crippen LogP contribution is -2.43. The number of halogens is 1. The quantitative estimate of drug-likeness (QED) is 0.321. The highest BCUT2D eigenvalue weighted by molar-refractivity contribution is 7.90. The van der Waals surface area contributed by atoms with E-state index in [1.807, 2.05) is 37.3 Å². The first-order valence-electron chi connectivity index (χ1n) is 13.0. The van der Waals surface area contributed by atoms with Crippen molar-refractivity contribution in [3.63, 3.8) is 0 Å². The van der Waals surface area contributed by atoms with Crippen molar-refractivity contribution in [2.45, 2.75) is 18.4 Å². The second kappa shape index (κ2) is 10.6. The Morgan fingerprint density at radius 2 is 1.77 bits per heavy atom. The molecule has 0 saturated carbocycles. The zero-order chi connectivity index (χ0) is 27.9. The number of nitrogens with zero attached hydrogens (tertiary/aromatic N) is 4. The van der Waals surface area contributed by atoms with Gasteiger partial charge in [0.25, 0.3) is 15.6 Å². The maximum absolute atomic E-state index is 13.8. The van der Waals surface area contributed by atoms with Gasteiger partial charge in [0.2, 0.25) is 0 Å². The van der Waals surface area contributed by atoms with Gasteiger partial charge in [-0.3, -0.25) is 4.79 Å². The Kier molecular flexibility index (Phi) is 6.95. The molecule has 3 aromatic heterocycles. The van der Waals surface area contributed by atoms with E-state index in [2.05, 4.69) is 15.2 Å². The smallest absolute Gasteiger partial charge is 0.269 e. The molecule has 8 nitrogen and oxygen atoms in total. The Bertz CT molecular complexity index is 1870. The summed E-state index contributed by atoms with van der Waals surface area (Å²) in [5.74, 6) is 0. The molecule has 0 amide bonds. The van der Waals surface area contributed by atoms with E-state index < -0.39 is 10.0 Å². The van der Waals surface area contributed by atoms with Crippen molar-refractivity contribution in [1.29, 1.82) is 0 Å². The van der Waals surface area contributed by atoms with Crippen LogP contribution in [0, 0.1) is 6.92 Å². The van der Waals surface area contributed by atoms with Crippen molar-refractivity contribution in [2.24, 2.45) is 0 Å². The fourth-order valence-corrected chi connectivity index (χ4v) is 6.58. The van der Waals surface area contributed by atoms with Crippen LogP contribution >= 0.6 is 11.6 Å². The summed E-state index contributed by atoms with van der Waals surface area (Å²) in [6, 6.07) is 19.5. The van der Waals surface area contributed by atoms with Crippen molar-refractivity contribution >= 4 is 38.3 Å². The zero-order valence-corrected chi connectivity index (χ0v) is 23.5. The number of fused-ring (bicyclic) bond motifs is 1. The van der Waals surface area contributed by atoms with Crippen molar-refractivity contribution in [1.82, 2.24) is 18.8 Å². The molecule has 2 aromatic carbocycles. The average molecular weight is 574 g/mol. The highest BCUT2D eigenvalue weighted by Gasteiger charge is 2.24. The number of benzene rings is 2. The van der Waals surface area contributed by atoms with Gasteiger partial charge in [-0.2, -0.15) is 0 Å². The van der Waals surface area contributed by atoms with Gasteiger partial charge in [0, 0.05) is 60.6 Å². The van der Waals surface area contributed by atoms with Crippen molar-refractivity contribution in [2.75, 3.05) is 31.1 Å². The van der Waals surface area contributed by atoms with E-state index in [1.54, 1.807) is 59.6 Å².